The zero-order valence-electron chi connectivity index (χ0n) is 53.7. The number of phosphoric acid groups is 1. The van der Waals surface area contributed by atoms with Crippen LogP contribution in [-0.2, 0) is 32.7 Å². The molecule has 0 aliphatic rings. The van der Waals surface area contributed by atoms with E-state index in [1.807, 2.05) is 0 Å². The number of allylic oxidation sites excluding steroid dienone is 18. The minimum atomic E-state index is -4.40. The number of hydrogen-bond acceptors (Lipinski definition) is 8. The van der Waals surface area contributed by atoms with Crippen LogP contribution in [0.3, 0.4) is 0 Å². The lowest BCUT2D eigenvalue weighted by Gasteiger charge is -2.19. The summed E-state index contributed by atoms with van der Waals surface area (Å²) in [6.07, 6.45) is 93.4. The smallest absolute Gasteiger partial charge is 0.462 e. The Kier molecular flexibility index (Phi) is 65.1. The second-order valence-corrected chi connectivity index (χ2v) is 24.1. The molecule has 9 nitrogen and oxygen atoms in total. The Bertz CT molecular complexity index is 1730. The van der Waals surface area contributed by atoms with Gasteiger partial charge in [-0.05, 0) is 96.3 Å². The Labute approximate surface area is 511 Å². The van der Waals surface area contributed by atoms with Crippen molar-refractivity contribution in [2.24, 2.45) is 5.73 Å². The van der Waals surface area contributed by atoms with Crippen LogP contribution < -0.4 is 5.73 Å². The van der Waals surface area contributed by atoms with E-state index in [1.54, 1.807) is 0 Å². The summed E-state index contributed by atoms with van der Waals surface area (Å²) in [5, 5.41) is 0. The molecule has 0 aliphatic carbocycles. The molecule has 0 saturated carbocycles. The van der Waals surface area contributed by atoms with Crippen molar-refractivity contribution < 1.29 is 37.6 Å². The fraction of sp³-hybridized carbons (Fsp3) is 0.726. The van der Waals surface area contributed by atoms with Crippen molar-refractivity contribution in [1.29, 1.82) is 0 Å². The molecule has 2 unspecified atom stereocenters. The van der Waals surface area contributed by atoms with Gasteiger partial charge in [0.05, 0.1) is 13.2 Å². The quantitative estimate of drug-likeness (QED) is 0.0264. The highest BCUT2D eigenvalue weighted by Gasteiger charge is 2.26. The number of carbonyl (C=O) groups excluding carboxylic acids is 2. The Balaban J connectivity index is 3.79. The van der Waals surface area contributed by atoms with Gasteiger partial charge in [-0.1, -0.05) is 309 Å². The third kappa shape index (κ3) is 67.7. The number of carbonyl (C=O) groups is 2. The predicted molar refractivity (Wildman–Crippen MR) is 358 cm³/mol. The van der Waals surface area contributed by atoms with Gasteiger partial charge in [-0.15, -0.1) is 0 Å². The predicted octanol–water partition coefficient (Wildman–Crippen LogP) is 22.5. The fourth-order valence-corrected chi connectivity index (χ4v) is 10.4. The monoisotopic (exact) mass is 1180 g/mol. The summed E-state index contributed by atoms with van der Waals surface area (Å²) in [5.74, 6) is -0.843. The van der Waals surface area contributed by atoms with E-state index in [4.69, 9.17) is 24.3 Å². The van der Waals surface area contributed by atoms with E-state index >= 15 is 0 Å². The SMILES string of the molecule is CC/C=C\C/C=C\C/C=C\C/C=C\C/C=C\CCCCCCCC(=O)OC(COC(=O)CCCCCCCCCCCCCCCCCCCCCCCCCCCCCC/C=C\C/C=C\C/C=C\C/C=C\CC)COP(=O)(O)OCCN. The van der Waals surface area contributed by atoms with E-state index in [9.17, 15) is 19.0 Å². The third-order valence-corrected chi connectivity index (χ3v) is 15.6. The summed E-state index contributed by atoms with van der Waals surface area (Å²) < 4.78 is 33.1. The highest BCUT2D eigenvalue weighted by molar-refractivity contribution is 7.47. The Morgan fingerprint density at radius 1 is 0.361 bits per heavy atom. The van der Waals surface area contributed by atoms with Crippen LogP contribution in [0.2, 0.25) is 0 Å². The van der Waals surface area contributed by atoms with E-state index in [-0.39, 0.29) is 38.6 Å². The van der Waals surface area contributed by atoms with Crippen LogP contribution in [0.1, 0.15) is 309 Å². The summed E-state index contributed by atoms with van der Waals surface area (Å²) in [7, 11) is -4.40. The number of ether oxygens (including phenoxy) is 2. The molecule has 3 N–H and O–H groups in total. The van der Waals surface area contributed by atoms with Crippen LogP contribution in [-0.4, -0.2) is 49.3 Å². The van der Waals surface area contributed by atoms with Gasteiger partial charge >= 0.3 is 19.8 Å². The maximum absolute atomic E-state index is 12.7. The van der Waals surface area contributed by atoms with Crippen molar-refractivity contribution in [3.63, 3.8) is 0 Å². The summed E-state index contributed by atoms with van der Waals surface area (Å²) in [6.45, 7) is 3.52. The first-order valence-corrected chi connectivity index (χ1v) is 35.9. The van der Waals surface area contributed by atoms with Crippen LogP contribution in [0, 0.1) is 0 Å². The van der Waals surface area contributed by atoms with E-state index in [1.165, 1.54) is 167 Å². The van der Waals surface area contributed by atoms with E-state index in [2.05, 4.69) is 123 Å². The minimum Gasteiger partial charge on any atom is -0.462 e. The molecule has 0 aromatic carbocycles. The minimum absolute atomic E-state index is 0.0468. The lowest BCUT2D eigenvalue weighted by atomic mass is 10.0. The van der Waals surface area contributed by atoms with Crippen molar-refractivity contribution in [3.05, 3.63) is 109 Å². The van der Waals surface area contributed by atoms with Gasteiger partial charge in [0.1, 0.15) is 6.61 Å². The lowest BCUT2D eigenvalue weighted by Crippen LogP contribution is -2.29. The molecule has 0 rings (SSSR count). The maximum Gasteiger partial charge on any atom is 0.472 e. The van der Waals surface area contributed by atoms with Gasteiger partial charge in [0.25, 0.3) is 0 Å². The molecule has 0 radical (unpaired) electrons. The average Bonchev–Trinajstić information content (AvgIpc) is 3.49. The molecule has 0 aliphatic heterocycles. The van der Waals surface area contributed by atoms with Crippen LogP contribution in [0.25, 0.3) is 0 Å². The number of hydrogen-bond donors (Lipinski definition) is 2. The molecular formula is C73H128NO8P. The molecule has 0 spiro atoms. The Morgan fingerprint density at radius 2 is 0.627 bits per heavy atom. The van der Waals surface area contributed by atoms with Crippen molar-refractivity contribution in [3.8, 4) is 0 Å². The van der Waals surface area contributed by atoms with Gasteiger partial charge in [0.15, 0.2) is 6.10 Å². The highest BCUT2D eigenvalue weighted by atomic mass is 31.2. The van der Waals surface area contributed by atoms with Crippen molar-refractivity contribution in [2.45, 2.75) is 315 Å². The summed E-state index contributed by atoms with van der Waals surface area (Å²) >= 11 is 0. The molecule has 0 saturated heterocycles. The summed E-state index contributed by atoms with van der Waals surface area (Å²) in [6, 6.07) is 0. The molecule has 0 heterocycles. The molecule has 0 bridgehead atoms. The second-order valence-electron chi connectivity index (χ2n) is 22.6. The molecular weight excluding hydrogens is 1050 g/mol. The van der Waals surface area contributed by atoms with E-state index in [0.29, 0.717) is 6.42 Å². The molecule has 0 aromatic rings. The largest absolute Gasteiger partial charge is 0.472 e. The van der Waals surface area contributed by atoms with E-state index < -0.39 is 26.5 Å². The molecule has 83 heavy (non-hydrogen) atoms. The second kappa shape index (κ2) is 67.8. The Hall–Kier alpha value is -3.33. The number of esters is 2. The highest BCUT2D eigenvalue weighted by Crippen LogP contribution is 2.43. The number of unbranched alkanes of at least 4 members (excludes halogenated alkanes) is 33. The molecule has 478 valence electrons. The van der Waals surface area contributed by atoms with Gasteiger partial charge < -0.3 is 20.1 Å². The zero-order valence-corrected chi connectivity index (χ0v) is 54.5. The van der Waals surface area contributed by atoms with Crippen molar-refractivity contribution in [2.75, 3.05) is 26.4 Å². The van der Waals surface area contributed by atoms with Gasteiger partial charge in [-0.2, -0.15) is 0 Å². The third-order valence-electron chi connectivity index (χ3n) is 14.7. The first-order chi connectivity index (χ1) is 40.8. The Morgan fingerprint density at radius 3 is 0.928 bits per heavy atom. The van der Waals surface area contributed by atoms with Gasteiger partial charge in [0.2, 0.25) is 0 Å². The molecule has 0 aromatic heterocycles. The summed E-state index contributed by atoms with van der Waals surface area (Å²) in [5.41, 5.74) is 5.39. The zero-order chi connectivity index (χ0) is 60.1. The van der Waals surface area contributed by atoms with Gasteiger partial charge in [0, 0.05) is 19.4 Å². The van der Waals surface area contributed by atoms with Crippen LogP contribution in [0.4, 0.5) is 0 Å². The molecule has 10 heteroatoms. The van der Waals surface area contributed by atoms with Gasteiger partial charge in [-0.25, -0.2) is 4.57 Å². The molecule has 0 amide bonds. The maximum atomic E-state index is 12.7. The first-order valence-electron chi connectivity index (χ1n) is 34.4. The topological polar surface area (TPSA) is 134 Å². The average molecular weight is 1180 g/mol. The summed E-state index contributed by atoms with van der Waals surface area (Å²) in [4.78, 5) is 35.3. The van der Waals surface area contributed by atoms with Gasteiger partial charge in [-0.3, -0.25) is 18.6 Å². The molecule has 0 fully saturated rings. The van der Waals surface area contributed by atoms with E-state index in [0.717, 1.165) is 109 Å². The fourth-order valence-electron chi connectivity index (χ4n) is 9.66. The number of phosphoric ester groups is 1. The number of rotatable bonds is 64. The normalized spacial score (nSPS) is 13.6. The molecule has 2 atom stereocenters. The standard InChI is InChI=1S/C73H128NO8P/c1-3-5-7-9-11-13-15-17-19-21-23-25-26-27-28-29-30-31-32-33-34-35-36-37-38-39-40-41-42-43-44-46-47-49-51-53-55-57-59-61-63-65-72(75)79-69-71(70-81-83(77,78)80-68-67-74)82-73(76)66-64-62-60-58-56-54-52-50-48-45-24-22-20-18-16-14-12-10-8-6-4-2/h5-8,11-14,17-20,23-25,45,50,52,71H,3-4,9-10,15-16,21-22,26-44,46-49,51,53-70,74H2,1-2H3,(H,77,78)/b7-5-,8-6-,13-11-,14-12-,19-17-,20-18-,25-23-,45-24-,52-50-. The first kappa shape index (κ1) is 79.7. The van der Waals surface area contributed by atoms with Crippen LogP contribution in [0.15, 0.2) is 109 Å². The van der Waals surface area contributed by atoms with Crippen molar-refractivity contribution in [1.82, 2.24) is 0 Å². The van der Waals surface area contributed by atoms with Crippen molar-refractivity contribution >= 4 is 19.8 Å². The lowest BCUT2D eigenvalue weighted by molar-refractivity contribution is -0.161. The van der Waals surface area contributed by atoms with Crippen LogP contribution in [0.5, 0.6) is 0 Å². The number of nitrogens with two attached hydrogens (primary N) is 1. The van der Waals surface area contributed by atoms with Crippen LogP contribution >= 0.6 is 7.82 Å².